The van der Waals surface area contributed by atoms with Crippen molar-refractivity contribution in [3.05, 3.63) is 59.7 Å². The molecule has 0 aliphatic carbocycles. The van der Waals surface area contributed by atoms with Crippen LogP contribution in [0.1, 0.15) is 18.5 Å². The molecule has 0 aliphatic rings. The quantitative estimate of drug-likeness (QED) is 0.756. The van der Waals surface area contributed by atoms with E-state index in [0.29, 0.717) is 10.5 Å². The van der Waals surface area contributed by atoms with Gasteiger partial charge in [0, 0.05) is 11.9 Å². The highest BCUT2D eigenvalue weighted by molar-refractivity contribution is 8.00. The minimum absolute atomic E-state index is 0.0286. The van der Waals surface area contributed by atoms with Gasteiger partial charge >= 0.3 is 0 Å². The van der Waals surface area contributed by atoms with Crippen molar-refractivity contribution in [1.29, 1.82) is 0 Å². The molecule has 1 atom stereocenters. The van der Waals surface area contributed by atoms with Crippen molar-refractivity contribution in [2.75, 3.05) is 12.8 Å². The smallest absolute Gasteiger partial charge is 0.238 e. The molecule has 1 amide bonds. The Labute approximate surface area is 155 Å². The van der Waals surface area contributed by atoms with Crippen LogP contribution in [0, 0.1) is 11.6 Å². The maximum Gasteiger partial charge on any atom is 0.238 e. The third kappa shape index (κ3) is 5.03. The largest absolute Gasteiger partial charge is 0.338 e. The predicted octanol–water partition coefficient (Wildman–Crippen LogP) is 2.92. The first kappa shape index (κ1) is 20.3. The predicted molar refractivity (Wildman–Crippen MR) is 96.1 cm³/mol. The molecular formula is C17H18F2N2O3S2. The van der Waals surface area contributed by atoms with Crippen molar-refractivity contribution in [2.45, 2.75) is 22.8 Å². The Bertz CT molecular complexity index is 920. The van der Waals surface area contributed by atoms with Crippen LogP contribution in [0.25, 0.3) is 0 Å². The van der Waals surface area contributed by atoms with E-state index in [2.05, 4.69) is 0 Å². The van der Waals surface area contributed by atoms with Gasteiger partial charge in [0.15, 0.2) is 11.6 Å². The standard InChI is InChI=1S/C17H18F2N2O3S2/c1-11(12-4-3-5-14(8-12)26(20,23)24)21(2)17(22)10-25-13-6-7-15(18)16(19)9-13/h3-9,11H,10H2,1-2H3,(H2,20,23,24). The minimum Gasteiger partial charge on any atom is -0.338 e. The van der Waals surface area contributed by atoms with Crippen LogP contribution in [0.4, 0.5) is 8.78 Å². The van der Waals surface area contributed by atoms with Gasteiger partial charge in [-0.15, -0.1) is 11.8 Å². The van der Waals surface area contributed by atoms with Gasteiger partial charge in [-0.3, -0.25) is 4.79 Å². The lowest BCUT2D eigenvalue weighted by Gasteiger charge is -2.25. The molecule has 2 rings (SSSR count). The maximum absolute atomic E-state index is 13.2. The van der Waals surface area contributed by atoms with Crippen LogP contribution >= 0.6 is 11.8 Å². The van der Waals surface area contributed by atoms with E-state index in [9.17, 15) is 22.0 Å². The number of amides is 1. The molecule has 2 aromatic rings. The number of hydrogen-bond acceptors (Lipinski definition) is 4. The summed E-state index contributed by atoms with van der Waals surface area (Å²) in [7, 11) is -2.25. The summed E-state index contributed by atoms with van der Waals surface area (Å²) < 4.78 is 49.0. The Hall–Kier alpha value is -1.97. The second kappa shape index (κ2) is 8.15. The molecule has 5 nitrogen and oxygen atoms in total. The fraction of sp³-hybridized carbons (Fsp3) is 0.235. The van der Waals surface area contributed by atoms with Crippen LogP contribution in [0.2, 0.25) is 0 Å². The number of hydrogen-bond donors (Lipinski definition) is 1. The van der Waals surface area contributed by atoms with E-state index in [1.807, 2.05) is 0 Å². The number of nitrogens with two attached hydrogens (primary N) is 1. The van der Waals surface area contributed by atoms with Crippen LogP contribution < -0.4 is 5.14 Å². The molecule has 0 aliphatic heterocycles. The van der Waals surface area contributed by atoms with Gasteiger partial charge in [0.2, 0.25) is 15.9 Å². The Balaban J connectivity index is 2.06. The first-order chi connectivity index (χ1) is 12.1. The Morgan fingerprint density at radius 2 is 1.88 bits per heavy atom. The van der Waals surface area contributed by atoms with Crippen LogP contribution in [0.3, 0.4) is 0 Å². The summed E-state index contributed by atoms with van der Waals surface area (Å²) in [5.41, 5.74) is 0.616. The van der Waals surface area contributed by atoms with Crippen LogP contribution in [-0.2, 0) is 14.8 Å². The van der Waals surface area contributed by atoms with E-state index in [-0.39, 0.29) is 16.6 Å². The van der Waals surface area contributed by atoms with Crippen LogP contribution in [0.5, 0.6) is 0 Å². The van der Waals surface area contributed by atoms with Gasteiger partial charge in [-0.2, -0.15) is 0 Å². The highest BCUT2D eigenvalue weighted by atomic mass is 32.2. The highest BCUT2D eigenvalue weighted by Crippen LogP contribution is 2.24. The second-order valence-electron chi connectivity index (χ2n) is 5.66. The minimum atomic E-state index is -3.83. The van der Waals surface area contributed by atoms with Gasteiger partial charge in [-0.25, -0.2) is 22.3 Å². The molecule has 0 radical (unpaired) electrons. The molecule has 0 spiro atoms. The number of carbonyl (C=O) groups is 1. The Morgan fingerprint density at radius 3 is 2.50 bits per heavy atom. The van der Waals surface area contributed by atoms with Crippen molar-refractivity contribution in [3.63, 3.8) is 0 Å². The summed E-state index contributed by atoms with van der Waals surface area (Å²) in [6.45, 7) is 1.75. The molecule has 0 aromatic heterocycles. The summed E-state index contributed by atoms with van der Waals surface area (Å²) >= 11 is 1.09. The molecule has 0 fully saturated rings. The molecule has 2 N–H and O–H groups in total. The topological polar surface area (TPSA) is 80.5 Å². The molecule has 9 heteroatoms. The highest BCUT2D eigenvalue weighted by Gasteiger charge is 2.19. The number of sulfonamides is 1. The van der Waals surface area contributed by atoms with Crippen molar-refractivity contribution in [2.24, 2.45) is 5.14 Å². The van der Waals surface area contributed by atoms with E-state index in [1.54, 1.807) is 26.1 Å². The summed E-state index contributed by atoms with van der Waals surface area (Å²) in [6, 6.07) is 9.11. The average molecular weight is 400 g/mol. The number of rotatable bonds is 6. The first-order valence-electron chi connectivity index (χ1n) is 7.56. The van der Waals surface area contributed by atoms with Crippen molar-refractivity contribution in [3.8, 4) is 0 Å². The normalized spacial score (nSPS) is 12.7. The van der Waals surface area contributed by atoms with Gasteiger partial charge in [0.05, 0.1) is 16.7 Å². The molecule has 0 saturated carbocycles. The molecule has 0 heterocycles. The summed E-state index contributed by atoms with van der Waals surface area (Å²) in [4.78, 5) is 14.2. The van der Waals surface area contributed by atoms with Crippen molar-refractivity contribution < 1.29 is 22.0 Å². The molecule has 0 bridgehead atoms. The fourth-order valence-corrected chi connectivity index (χ4v) is 3.62. The number of thioether (sulfide) groups is 1. The van der Waals surface area contributed by atoms with Gasteiger partial charge in [0.1, 0.15) is 0 Å². The third-order valence-electron chi connectivity index (χ3n) is 3.90. The molecule has 0 saturated heterocycles. The Morgan fingerprint density at radius 1 is 1.19 bits per heavy atom. The Kier molecular flexibility index (Phi) is 6.38. The third-order valence-corrected chi connectivity index (χ3v) is 5.79. The molecule has 2 aromatic carbocycles. The SMILES string of the molecule is CC(c1cccc(S(N)(=O)=O)c1)N(C)C(=O)CSc1ccc(F)c(F)c1. The number of carbonyl (C=O) groups excluding carboxylic acids is 1. The lowest BCUT2D eigenvalue weighted by atomic mass is 10.1. The second-order valence-corrected chi connectivity index (χ2v) is 8.27. The first-order valence-corrected chi connectivity index (χ1v) is 10.1. The molecule has 1 unspecified atom stereocenters. The summed E-state index contributed by atoms with van der Waals surface area (Å²) in [5, 5.41) is 5.13. The number of primary sulfonamides is 1. The zero-order chi connectivity index (χ0) is 19.5. The van der Waals surface area contributed by atoms with Gasteiger partial charge in [-0.05, 0) is 42.8 Å². The van der Waals surface area contributed by atoms with Crippen molar-refractivity contribution in [1.82, 2.24) is 4.90 Å². The van der Waals surface area contributed by atoms with Crippen molar-refractivity contribution >= 4 is 27.7 Å². The zero-order valence-electron chi connectivity index (χ0n) is 14.1. The van der Waals surface area contributed by atoms with Gasteiger partial charge in [-0.1, -0.05) is 12.1 Å². The zero-order valence-corrected chi connectivity index (χ0v) is 15.8. The lowest BCUT2D eigenvalue weighted by molar-refractivity contribution is -0.128. The van der Waals surface area contributed by atoms with E-state index in [0.717, 1.165) is 23.9 Å². The number of benzene rings is 2. The van der Waals surface area contributed by atoms with E-state index in [1.165, 1.54) is 23.1 Å². The summed E-state index contributed by atoms with van der Waals surface area (Å²) in [5.74, 6) is -2.13. The number of halogens is 2. The van der Waals surface area contributed by atoms with E-state index in [4.69, 9.17) is 5.14 Å². The van der Waals surface area contributed by atoms with Crippen LogP contribution in [-0.4, -0.2) is 32.0 Å². The maximum atomic E-state index is 13.2. The number of nitrogens with zero attached hydrogens (tertiary/aromatic N) is 1. The van der Waals surface area contributed by atoms with Gasteiger partial charge < -0.3 is 4.90 Å². The van der Waals surface area contributed by atoms with Gasteiger partial charge in [0.25, 0.3) is 0 Å². The average Bonchev–Trinajstić information content (AvgIpc) is 2.60. The summed E-state index contributed by atoms with van der Waals surface area (Å²) in [6.07, 6.45) is 0. The molecular weight excluding hydrogens is 382 g/mol. The van der Waals surface area contributed by atoms with Crippen LogP contribution in [0.15, 0.2) is 52.3 Å². The monoisotopic (exact) mass is 400 g/mol. The van der Waals surface area contributed by atoms with E-state index < -0.39 is 27.7 Å². The fourth-order valence-electron chi connectivity index (χ4n) is 2.20. The molecule has 140 valence electrons. The lowest BCUT2D eigenvalue weighted by Crippen LogP contribution is -2.31. The molecule has 26 heavy (non-hydrogen) atoms. The van der Waals surface area contributed by atoms with E-state index >= 15 is 0 Å².